The predicted octanol–water partition coefficient (Wildman–Crippen LogP) is 3.28. The lowest BCUT2D eigenvalue weighted by Crippen LogP contribution is -2.41. The van der Waals surface area contributed by atoms with Gasteiger partial charge in [0, 0.05) is 18.6 Å². The molecule has 0 aromatic carbocycles. The molecule has 1 saturated heterocycles. The van der Waals surface area contributed by atoms with Crippen LogP contribution in [0.4, 0.5) is 0 Å². The summed E-state index contributed by atoms with van der Waals surface area (Å²) >= 11 is 0. The lowest BCUT2D eigenvalue weighted by molar-refractivity contribution is 0.189. The first kappa shape index (κ1) is 15.0. The molecule has 1 rings (SSSR count). The van der Waals surface area contributed by atoms with E-state index in [1.54, 1.807) is 0 Å². The van der Waals surface area contributed by atoms with E-state index < -0.39 is 0 Å². The van der Waals surface area contributed by atoms with Crippen LogP contribution >= 0.6 is 0 Å². The largest absolute Gasteiger partial charge is 0.313 e. The van der Waals surface area contributed by atoms with Gasteiger partial charge in [-0.25, -0.2) is 0 Å². The number of hydrogen-bond acceptors (Lipinski definition) is 2. The monoisotopic (exact) mass is 240 g/mol. The molecule has 1 N–H and O–H groups in total. The highest BCUT2D eigenvalue weighted by Gasteiger charge is 2.20. The second-order valence-corrected chi connectivity index (χ2v) is 7.05. The molecule has 0 radical (unpaired) electrons. The lowest BCUT2D eigenvalue weighted by Gasteiger charge is -2.30. The van der Waals surface area contributed by atoms with Gasteiger partial charge in [-0.15, -0.1) is 0 Å². The summed E-state index contributed by atoms with van der Waals surface area (Å²) in [6.45, 7) is 15.4. The average Bonchev–Trinajstić information content (AvgIpc) is 2.66. The molecule has 1 aliphatic rings. The molecule has 0 saturated carbocycles. The van der Waals surface area contributed by atoms with Gasteiger partial charge in [-0.2, -0.15) is 0 Å². The maximum atomic E-state index is 3.61. The van der Waals surface area contributed by atoms with Gasteiger partial charge >= 0.3 is 0 Å². The van der Waals surface area contributed by atoms with Gasteiger partial charge < -0.3 is 5.32 Å². The van der Waals surface area contributed by atoms with E-state index in [0.717, 1.165) is 6.04 Å². The number of nitrogens with zero attached hydrogens (tertiary/aromatic N) is 1. The minimum Gasteiger partial charge on any atom is -0.313 e. The van der Waals surface area contributed by atoms with Gasteiger partial charge in [0.05, 0.1) is 0 Å². The summed E-state index contributed by atoms with van der Waals surface area (Å²) < 4.78 is 0. The molecule has 1 aliphatic heterocycles. The molecule has 1 atom stereocenters. The lowest BCUT2D eigenvalue weighted by atomic mass is 9.90. The van der Waals surface area contributed by atoms with Crippen molar-refractivity contribution in [1.29, 1.82) is 0 Å². The fraction of sp³-hybridized carbons (Fsp3) is 1.00. The molecule has 0 aromatic heterocycles. The predicted molar refractivity (Wildman–Crippen MR) is 76.4 cm³/mol. The Balaban J connectivity index is 2.27. The van der Waals surface area contributed by atoms with E-state index >= 15 is 0 Å². The van der Waals surface area contributed by atoms with Crippen LogP contribution in [0.5, 0.6) is 0 Å². The van der Waals surface area contributed by atoms with E-state index in [9.17, 15) is 0 Å². The Morgan fingerprint density at radius 2 is 2.00 bits per heavy atom. The van der Waals surface area contributed by atoms with Crippen molar-refractivity contribution >= 4 is 0 Å². The molecule has 0 spiro atoms. The van der Waals surface area contributed by atoms with Crippen molar-refractivity contribution in [3.05, 3.63) is 0 Å². The molecule has 0 aliphatic carbocycles. The molecule has 2 nitrogen and oxygen atoms in total. The van der Waals surface area contributed by atoms with Gasteiger partial charge in [0.1, 0.15) is 0 Å². The first-order valence-electron chi connectivity index (χ1n) is 7.36. The summed E-state index contributed by atoms with van der Waals surface area (Å²) in [5.41, 5.74) is 0.480. The maximum absolute atomic E-state index is 3.61. The van der Waals surface area contributed by atoms with Crippen LogP contribution in [0.3, 0.4) is 0 Å². The molecule has 1 heterocycles. The molecule has 0 amide bonds. The van der Waals surface area contributed by atoms with E-state index in [-0.39, 0.29) is 0 Å². The molecule has 102 valence electrons. The van der Waals surface area contributed by atoms with Crippen molar-refractivity contribution in [2.45, 2.75) is 72.4 Å². The molecular weight excluding hydrogens is 208 g/mol. The quantitative estimate of drug-likeness (QED) is 0.766. The first-order chi connectivity index (χ1) is 7.88. The van der Waals surface area contributed by atoms with E-state index in [4.69, 9.17) is 0 Å². The van der Waals surface area contributed by atoms with E-state index in [2.05, 4.69) is 44.8 Å². The maximum Gasteiger partial charge on any atom is 0.0195 e. The molecule has 1 unspecified atom stereocenters. The van der Waals surface area contributed by atoms with Crippen LogP contribution in [0.25, 0.3) is 0 Å². The van der Waals surface area contributed by atoms with Crippen LogP contribution in [0.1, 0.15) is 60.3 Å². The number of hydrogen-bond donors (Lipinski definition) is 1. The Bertz CT molecular complexity index is 199. The minimum absolute atomic E-state index is 0.480. The highest BCUT2D eigenvalue weighted by Crippen LogP contribution is 2.21. The Kier molecular flexibility index (Phi) is 5.94. The zero-order valence-corrected chi connectivity index (χ0v) is 12.6. The Morgan fingerprint density at radius 1 is 1.29 bits per heavy atom. The molecule has 0 aromatic rings. The van der Waals surface area contributed by atoms with Crippen molar-refractivity contribution in [2.75, 3.05) is 19.6 Å². The normalized spacial score (nSPS) is 21.7. The van der Waals surface area contributed by atoms with Crippen LogP contribution in [0.2, 0.25) is 0 Å². The van der Waals surface area contributed by atoms with Crippen molar-refractivity contribution < 1.29 is 0 Å². The van der Waals surface area contributed by atoms with Crippen LogP contribution in [-0.4, -0.2) is 36.6 Å². The average molecular weight is 240 g/mol. The third-order valence-electron chi connectivity index (χ3n) is 3.72. The van der Waals surface area contributed by atoms with Gasteiger partial charge in [0.25, 0.3) is 0 Å². The van der Waals surface area contributed by atoms with Gasteiger partial charge in [-0.3, -0.25) is 4.90 Å². The van der Waals surface area contributed by atoms with Crippen molar-refractivity contribution in [1.82, 2.24) is 10.2 Å². The fourth-order valence-corrected chi connectivity index (χ4v) is 2.57. The Morgan fingerprint density at radius 3 is 2.47 bits per heavy atom. The van der Waals surface area contributed by atoms with Crippen LogP contribution in [0.15, 0.2) is 0 Å². The standard InChI is InChI=1S/C15H32N2/c1-13(2)17(11-7-9-15(3,4)5)12-14-8-6-10-16-14/h13-14,16H,6-12H2,1-5H3. The SMILES string of the molecule is CC(C)N(CCCC(C)(C)C)CC1CCCN1. The van der Waals surface area contributed by atoms with Gasteiger partial charge in [-0.05, 0) is 58.0 Å². The smallest absolute Gasteiger partial charge is 0.0195 e. The summed E-state index contributed by atoms with van der Waals surface area (Å²) in [6.07, 6.45) is 5.38. The van der Waals surface area contributed by atoms with E-state index in [1.165, 1.54) is 45.3 Å². The third kappa shape index (κ3) is 6.42. The Hall–Kier alpha value is -0.0800. The number of nitrogens with one attached hydrogen (secondary N) is 1. The van der Waals surface area contributed by atoms with Gasteiger partial charge in [0.15, 0.2) is 0 Å². The first-order valence-corrected chi connectivity index (χ1v) is 7.36. The van der Waals surface area contributed by atoms with Crippen LogP contribution in [-0.2, 0) is 0 Å². The summed E-state index contributed by atoms with van der Waals surface area (Å²) in [4.78, 5) is 2.65. The molecular formula is C15H32N2. The molecule has 2 heteroatoms. The highest BCUT2D eigenvalue weighted by molar-refractivity contribution is 4.79. The summed E-state index contributed by atoms with van der Waals surface area (Å²) in [5, 5.41) is 3.61. The van der Waals surface area contributed by atoms with Crippen LogP contribution in [0, 0.1) is 5.41 Å². The van der Waals surface area contributed by atoms with Crippen molar-refractivity contribution in [3.63, 3.8) is 0 Å². The zero-order valence-electron chi connectivity index (χ0n) is 12.6. The Labute approximate surface area is 108 Å². The molecule has 1 fully saturated rings. The number of rotatable bonds is 6. The molecule has 17 heavy (non-hydrogen) atoms. The van der Waals surface area contributed by atoms with Gasteiger partial charge in [0.2, 0.25) is 0 Å². The summed E-state index contributed by atoms with van der Waals surface area (Å²) in [5.74, 6) is 0. The fourth-order valence-electron chi connectivity index (χ4n) is 2.57. The minimum atomic E-state index is 0.480. The van der Waals surface area contributed by atoms with E-state index in [1.807, 2.05) is 0 Å². The second-order valence-electron chi connectivity index (χ2n) is 7.05. The summed E-state index contributed by atoms with van der Waals surface area (Å²) in [7, 11) is 0. The highest BCUT2D eigenvalue weighted by atomic mass is 15.2. The molecule has 0 bridgehead atoms. The summed E-state index contributed by atoms with van der Waals surface area (Å²) in [6, 6.07) is 1.42. The third-order valence-corrected chi connectivity index (χ3v) is 3.72. The van der Waals surface area contributed by atoms with Crippen molar-refractivity contribution in [2.24, 2.45) is 5.41 Å². The van der Waals surface area contributed by atoms with Crippen molar-refractivity contribution in [3.8, 4) is 0 Å². The zero-order chi connectivity index (χ0) is 12.9. The van der Waals surface area contributed by atoms with Gasteiger partial charge in [-0.1, -0.05) is 20.8 Å². The second kappa shape index (κ2) is 6.75. The van der Waals surface area contributed by atoms with E-state index in [0.29, 0.717) is 11.5 Å². The topological polar surface area (TPSA) is 15.3 Å². The van der Waals surface area contributed by atoms with Crippen LogP contribution < -0.4 is 5.32 Å².